The first-order chi connectivity index (χ1) is 4.72. The summed E-state index contributed by atoms with van der Waals surface area (Å²) in [4.78, 5) is 12.6. The van der Waals surface area contributed by atoms with Gasteiger partial charge in [-0.05, 0) is 5.75 Å². The molecule has 4 heteroatoms. The zero-order valence-corrected chi connectivity index (χ0v) is 7.10. The molecule has 0 saturated carbocycles. The summed E-state index contributed by atoms with van der Waals surface area (Å²) < 4.78 is 0. The van der Waals surface area contributed by atoms with Crippen molar-refractivity contribution in [1.29, 1.82) is 0 Å². The van der Waals surface area contributed by atoms with Gasteiger partial charge in [-0.15, -0.1) is 0 Å². The van der Waals surface area contributed by atoms with E-state index in [-0.39, 0.29) is 5.91 Å². The van der Waals surface area contributed by atoms with E-state index in [1.165, 1.54) is 0 Å². The lowest BCUT2D eigenvalue weighted by atomic mass is 10.4. The lowest BCUT2D eigenvalue weighted by molar-refractivity contribution is -0.129. The topological polar surface area (TPSA) is 46.3 Å². The summed E-state index contributed by atoms with van der Waals surface area (Å²) in [5.41, 5.74) is 5.25. The van der Waals surface area contributed by atoms with E-state index in [9.17, 15) is 4.79 Å². The number of rotatable bonds is 4. The highest BCUT2D eigenvalue weighted by atomic mass is 32.1. The normalized spacial score (nSPS) is 9.50. The summed E-state index contributed by atoms with van der Waals surface area (Å²) in [7, 11) is 1.75. The van der Waals surface area contributed by atoms with Gasteiger partial charge in [-0.2, -0.15) is 12.6 Å². The minimum atomic E-state index is 0.112. The van der Waals surface area contributed by atoms with E-state index < -0.39 is 0 Å². The van der Waals surface area contributed by atoms with Crippen LogP contribution in [-0.2, 0) is 4.79 Å². The molecule has 0 fully saturated rings. The Balaban J connectivity index is 3.49. The van der Waals surface area contributed by atoms with Crippen LogP contribution in [-0.4, -0.2) is 36.7 Å². The van der Waals surface area contributed by atoms with Crippen molar-refractivity contribution >= 4 is 18.5 Å². The summed E-state index contributed by atoms with van der Waals surface area (Å²) in [6.45, 7) is 1.15. The highest BCUT2D eigenvalue weighted by Crippen LogP contribution is 1.90. The summed E-state index contributed by atoms with van der Waals surface area (Å²) in [6.07, 6.45) is 0.500. The van der Waals surface area contributed by atoms with Gasteiger partial charge in [0, 0.05) is 26.6 Å². The van der Waals surface area contributed by atoms with Crippen molar-refractivity contribution in [3.05, 3.63) is 0 Å². The summed E-state index contributed by atoms with van der Waals surface area (Å²) >= 11 is 3.94. The molecule has 2 N–H and O–H groups in total. The maximum Gasteiger partial charge on any atom is 0.223 e. The van der Waals surface area contributed by atoms with E-state index in [0.717, 1.165) is 0 Å². The van der Waals surface area contributed by atoms with Gasteiger partial charge >= 0.3 is 0 Å². The molecular weight excluding hydrogens is 148 g/mol. The van der Waals surface area contributed by atoms with Crippen LogP contribution in [0.1, 0.15) is 6.42 Å². The molecule has 0 spiro atoms. The first-order valence-electron chi connectivity index (χ1n) is 3.27. The van der Waals surface area contributed by atoms with Gasteiger partial charge in [0.15, 0.2) is 0 Å². The predicted octanol–water partition coefficient (Wildman–Crippen LogP) is -0.277. The molecule has 0 unspecified atom stereocenters. The second-order valence-electron chi connectivity index (χ2n) is 2.08. The van der Waals surface area contributed by atoms with Crippen molar-refractivity contribution in [1.82, 2.24) is 4.90 Å². The molecule has 10 heavy (non-hydrogen) atoms. The molecule has 60 valence electrons. The minimum Gasteiger partial charge on any atom is -0.344 e. The zero-order chi connectivity index (χ0) is 7.98. The molecule has 0 radical (unpaired) electrons. The molecule has 0 aliphatic rings. The van der Waals surface area contributed by atoms with E-state index >= 15 is 0 Å². The third-order valence-electron chi connectivity index (χ3n) is 1.22. The Kier molecular flexibility index (Phi) is 5.43. The molecule has 0 heterocycles. The van der Waals surface area contributed by atoms with Gasteiger partial charge in [0.05, 0.1) is 0 Å². The number of carbonyl (C=O) groups is 1. The van der Waals surface area contributed by atoms with Crippen LogP contribution < -0.4 is 5.73 Å². The molecule has 0 bridgehead atoms. The molecule has 0 aliphatic heterocycles. The summed E-state index contributed by atoms with van der Waals surface area (Å²) in [5, 5.41) is 0. The fourth-order valence-electron chi connectivity index (χ4n) is 0.605. The minimum absolute atomic E-state index is 0.112. The SMILES string of the molecule is CN(CCN)C(=O)CCS. The molecule has 0 aromatic carbocycles. The molecule has 1 amide bonds. The van der Waals surface area contributed by atoms with Crippen molar-refractivity contribution in [2.45, 2.75) is 6.42 Å². The first-order valence-corrected chi connectivity index (χ1v) is 3.90. The van der Waals surface area contributed by atoms with Crippen LogP contribution in [0.5, 0.6) is 0 Å². The van der Waals surface area contributed by atoms with E-state index in [1.807, 2.05) is 0 Å². The largest absolute Gasteiger partial charge is 0.344 e. The Morgan fingerprint density at radius 3 is 2.70 bits per heavy atom. The standard InChI is InChI=1S/C6H14N2OS/c1-8(4-3-7)6(9)2-5-10/h10H,2-5,7H2,1H3. The average molecular weight is 162 g/mol. The van der Waals surface area contributed by atoms with Crippen LogP contribution in [0.3, 0.4) is 0 Å². The molecule has 0 aromatic heterocycles. The Morgan fingerprint density at radius 2 is 2.30 bits per heavy atom. The third-order valence-corrected chi connectivity index (χ3v) is 1.44. The number of nitrogens with two attached hydrogens (primary N) is 1. The molecule has 0 atom stereocenters. The highest BCUT2D eigenvalue weighted by Gasteiger charge is 2.04. The molecule has 0 aliphatic carbocycles. The Labute approximate surface area is 67.0 Å². The van der Waals surface area contributed by atoms with Gasteiger partial charge in [-0.25, -0.2) is 0 Å². The van der Waals surface area contributed by atoms with E-state index in [0.29, 0.717) is 25.3 Å². The monoisotopic (exact) mass is 162 g/mol. The van der Waals surface area contributed by atoms with E-state index in [4.69, 9.17) is 5.73 Å². The van der Waals surface area contributed by atoms with Crippen molar-refractivity contribution in [2.24, 2.45) is 5.73 Å². The van der Waals surface area contributed by atoms with E-state index in [2.05, 4.69) is 12.6 Å². The molecule has 0 aromatic rings. The molecular formula is C6H14N2OS. The second kappa shape index (κ2) is 5.56. The third kappa shape index (κ3) is 3.74. The number of amides is 1. The number of hydrogen-bond acceptors (Lipinski definition) is 3. The lowest BCUT2D eigenvalue weighted by Gasteiger charge is -2.14. The van der Waals surface area contributed by atoms with Crippen LogP contribution in [0.4, 0.5) is 0 Å². The number of hydrogen-bond donors (Lipinski definition) is 2. The fraction of sp³-hybridized carbons (Fsp3) is 0.833. The van der Waals surface area contributed by atoms with Gasteiger partial charge in [0.25, 0.3) is 0 Å². The van der Waals surface area contributed by atoms with Gasteiger partial charge in [0.2, 0.25) is 5.91 Å². The molecule has 0 rings (SSSR count). The van der Waals surface area contributed by atoms with Crippen LogP contribution in [0, 0.1) is 0 Å². The fourth-order valence-corrected chi connectivity index (χ4v) is 0.796. The smallest absolute Gasteiger partial charge is 0.223 e. The van der Waals surface area contributed by atoms with Crippen molar-refractivity contribution in [2.75, 3.05) is 25.9 Å². The van der Waals surface area contributed by atoms with Crippen LogP contribution in [0.15, 0.2) is 0 Å². The summed E-state index contributed by atoms with van der Waals surface area (Å²) in [5.74, 6) is 0.716. The second-order valence-corrected chi connectivity index (χ2v) is 2.52. The van der Waals surface area contributed by atoms with Crippen molar-refractivity contribution < 1.29 is 4.79 Å². The Morgan fingerprint density at radius 1 is 1.70 bits per heavy atom. The zero-order valence-electron chi connectivity index (χ0n) is 6.21. The van der Waals surface area contributed by atoms with E-state index in [1.54, 1.807) is 11.9 Å². The highest BCUT2D eigenvalue weighted by molar-refractivity contribution is 7.80. The first kappa shape index (κ1) is 9.78. The van der Waals surface area contributed by atoms with Crippen molar-refractivity contribution in [3.8, 4) is 0 Å². The molecule has 3 nitrogen and oxygen atoms in total. The number of nitrogens with zero attached hydrogens (tertiary/aromatic N) is 1. The number of thiol groups is 1. The Bertz CT molecular complexity index is 108. The maximum absolute atomic E-state index is 11.0. The summed E-state index contributed by atoms with van der Waals surface area (Å²) in [6, 6.07) is 0. The average Bonchev–Trinajstić information content (AvgIpc) is 1.89. The Hall–Kier alpha value is -0.220. The van der Waals surface area contributed by atoms with Crippen LogP contribution in [0.25, 0.3) is 0 Å². The van der Waals surface area contributed by atoms with Gasteiger partial charge in [-0.3, -0.25) is 4.79 Å². The predicted molar refractivity (Wildman–Crippen MR) is 45.2 cm³/mol. The molecule has 0 saturated heterocycles. The van der Waals surface area contributed by atoms with Crippen molar-refractivity contribution in [3.63, 3.8) is 0 Å². The van der Waals surface area contributed by atoms with Crippen LogP contribution >= 0.6 is 12.6 Å². The number of carbonyl (C=O) groups excluding carboxylic acids is 1. The maximum atomic E-state index is 11.0. The van der Waals surface area contributed by atoms with Gasteiger partial charge in [-0.1, -0.05) is 0 Å². The van der Waals surface area contributed by atoms with Crippen LogP contribution in [0.2, 0.25) is 0 Å². The number of likely N-dealkylation sites (N-methyl/N-ethyl adjacent to an activating group) is 1. The lowest BCUT2D eigenvalue weighted by Crippen LogP contribution is -2.31. The van der Waals surface area contributed by atoms with Gasteiger partial charge in [0.1, 0.15) is 0 Å². The quantitative estimate of drug-likeness (QED) is 0.559. The van der Waals surface area contributed by atoms with Gasteiger partial charge < -0.3 is 10.6 Å².